The molecule has 0 heterocycles. The third-order valence-corrected chi connectivity index (χ3v) is 15.6. The smallest absolute Gasteiger partial charge is 0.0737 e. The Morgan fingerprint density at radius 3 is 1.13 bits per heavy atom. The van der Waals surface area contributed by atoms with Crippen LogP contribution >= 0.6 is 0 Å². The molecule has 0 bridgehead atoms. The fraction of sp³-hybridized carbons (Fsp3) is 0.188. The number of rotatable bonds is 6. The van der Waals surface area contributed by atoms with Crippen molar-refractivity contribution in [1.82, 2.24) is 0 Å². The molecule has 2 heteroatoms. The van der Waals surface area contributed by atoms with E-state index < -0.39 is 5.41 Å². The summed E-state index contributed by atoms with van der Waals surface area (Å²) in [5.74, 6) is 0. The number of benzene rings is 10. The molecule has 0 N–H and O–H groups in total. The van der Waals surface area contributed by atoms with Gasteiger partial charge in [0.05, 0.1) is 5.41 Å². The van der Waals surface area contributed by atoms with Crippen LogP contribution in [0.3, 0.4) is 0 Å². The molecule has 0 aliphatic heterocycles. The van der Waals surface area contributed by atoms with Crippen LogP contribution in [0.1, 0.15) is 97.2 Å². The quantitative estimate of drug-likeness (QED) is 0.164. The van der Waals surface area contributed by atoms with Gasteiger partial charge in [0.25, 0.3) is 0 Å². The van der Waals surface area contributed by atoms with Crippen molar-refractivity contribution in [2.45, 2.75) is 85.5 Å². The average Bonchev–Trinajstić information content (AvgIpc) is 3.82. The minimum absolute atomic E-state index is 0.0227. The Labute approximate surface area is 420 Å². The van der Waals surface area contributed by atoms with E-state index in [-0.39, 0.29) is 10.8 Å². The summed E-state index contributed by atoms with van der Waals surface area (Å²) >= 11 is 0. The molecule has 10 aromatic rings. The van der Waals surface area contributed by atoms with Crippen LogP contribution in [0.25, 0.3) is 43.8 Å². The Bertz CT molecular complexity index is 3520. The van der Waals surface area contributed by atoms with E-state index in [4.69, 9.17) is 0 Å². The molecule has 2 aliphatic rings. The maximum atomic E-state index is 2.53. The predicted molar refractivity (Wildman–Crippen MR) is 303 cm³/mol. The second-order valence-electron chi connectivity index (χ2n) is 22.5. The summed E-state index contributed by atoms with van der Waals surface area (Å²) in [7, 11) is 0. The Balaban J connectivity index is 1.16. The number of fused-ring (bicyclic) bond motifs is 14. The topological polar surface area (TPSA) is 6.48 Å². The van der Waals surface area contributed by atoms with E-state index in [1.165, 1.54) is 111 Å². The minimum atomic E-state index is -0.594. The van der Waals surface area contributed by atoms with Gasteiger partial charge in [0, 0.05) is 34.1 Å². The SMILES string of the molecule is Cc1ccc(N(c2ccccc2)c2ccc3c4c(ccc3c2)-c2ccc3cc(N(c5ccccc5)c5ccc(C)cc5C)ccc3c2C42c3ccc(C(C)(C)C)cc3-c3cc(C(C)(C)C)ccc32)c(C)c1. The van der Waals surface area contributed by atoms with Gasteiger partial charge in [0.2, 0.25) is 0 Å². The molecule has 1 spiro atoms. The van der Waals surface area contributed by atoms with Gasteiger partial charge < -0.3 is 9.80 Å². The molecule has 0 saturated heterocycles. The number of aryl methyl sites for hydroxylation is 4. The highest BCUT2D eigenvalue weighted by Crippen LogP contribution is 2.66. The minimum Gasteiger partial charge on any atom is -0.310 e. The fourth-order valence-corrected chi connectivity index (χ4v) is 12.2. The van der Waals surface area contributed by atoms with Crippen LogP contribution in [-0.4, -0.2) is 0 Å². The highest BCUT2D eigenvalue weighted by atomic mass is 15.1. The van der Waals surface area contributed by atoms with Crippen molar-refractivity contribution in [3.8, 4) is 22.3 Å². The van der Waals surface area contributed by atoms with Crippen LogP contribution in [0.2, 0.25) is 0 Å². The molecule has 10 aromatic carbocycles. The third-order valence-electron chi connectivity index (χ3n) is 15.6. The predicted octanol–water partition coefficient (Wildman–Crippen LogP) is 19.1. The molecule has 0 fully saturated rings. The van der Waals surface area contributed by atoms with Crippen molar-refractivity contribution >= 4 is 55.7 Å². The zero-order valence-corrected chi connectivity index (χ0v) is 42.9. The van der Waals surface area contributed by atoms with E-state index in [0.29, 0.717) is 0 Å². The summed E-state index contributed by atoms with van der Waals surface area (Å²) in [6, 6.07) is 74.2. The van der Waals surface area contributed by atoms with Gasteiger partial charge in [-0.15, -0.1) is 0 Å². The standard InChI is InChI=1S/C69H62N2/c1-43-21-35-63(45(3)37-43)70(51-17-13-11-14-18-51)53-27-31-55-47(39-53)23-29-57-58-30-24-48-40-54(71(52-19-15-12-16-20-52)64-36-22-44(2)38-46(64)4)28-32-56(48)66(58)69(65(55)57)61-33-25-49(67(5,6)7)41-59(61)60-42-50(68(8,9)10)26-34-62(60)69/h11-42H,1-10H3. The van der Waals surface area contributed by atoms with E-state index in [1.54, 1.807) is 0 Å². The Morgan fingerprint density at radius 1 is 0.338 bits per heavy atom. The van der Waals surface area contributed by atoms with Crippen molar-refractivity contribution in [3.05, 3.63) is 250 Å². The second kappa shape index (κ2) is 16.2. The monoisotopic (exact) mass is 918 g/mol. The van der Waals surface area contributed by atoms with Gasteiger partial charge in [0.1, 0.15) is 0 Å². The molecular weight excluding hydrogens is 857 g/mol. The average molecular weight is 919 g/mol. The lowest BCUT2D eigenvalue weighted by Crippen LogP contribution is -2.27. The largest absolute Gasteiger partial charge is 0.310 e. The van der Waals surface area contributed by atoms with Gasteiger partial charge in [-0.25, -0.2) is 0 Å². The van der Waals surface area contributed by atoms with Crippen molar-refractivity contribution < 1.29 is 0 Å². The molecule has 0 atom stereocenters. The lowest BCUT2D eigenvalue weighted by molar-refractivity contribution is 0.589. The van der Waals surface area contributed by atoms with Gasteiger partial charge in [-0.05, 0) is 187 Å². The first-order chi connectivity index (χ1) is 34.1. The number of hydrogen-bond donors (Lipinski definition) is 0. The summed E-state index contributed by atoms with van der Waals surface area (Å²) in [6.07, 6.45) is 0. The van der Waals surface area contributed by atoms with E-state index in [9.17, 15) is 0 Å². The summed E-state index contributed by atoms with van der Waals surface area (Å²) in [4.78, 5) is 4.85. The summed E-state index contributed by atoms with van der Waals surface area (Å²) in [6.45, 7) is 22.9. The molecule has 2 aliphatic carbocycles. The third kappa shape index (κ3) is 6.97. The van der Waals surface area contributed by atoms with Crippen molar-refractivity contribution in [2.24, 2.45) is 0 Å². The molecule has 2 nitrogen and oxygen atoms in total. The fourth-order valence-electron chi connectivity index (χ4n) is 12.2. The molecule has 12 rings (SSSR count). The van der Waals surface area contributed by atoms with E-state index in [1.807, 2.05) is 0 Å². The molecule has 0 amide bonds. The number of para-hydroxylation sites is 2. The van der Waals surface area contributed by atoms with Crippen LogP contribution < -0.4 is 9.80 Å². The van der Waals surface area contributed by atoms with E-state index in [0.717, 1.165) is 22.7 Å². The van der Waals surface area contributed by atoms with Crippen molar-refractivity contribution in [2.75, 3.05) is 9.80 Å². The normalized spacial score (nSPS) is 13.3. The van der Waals surface area contributed by atoms with Crippen LogP contribution in [0.5, 0.6) is 0 Å². The number of anilines is 6. The lowest BCUT2D eigenvalue weighted by atomic mass is 9.68. The highest BCUT2D eigenvalue weighted by Gasteiger charge is 2.54. The van der Waals surface area contributed by atoms with Gasteiger partial charge >= 0.3 is 0 Å². The summed E-state index contributed by atoms with van der Waals surface area (Å²) < 4.78 is 0. The van der Waals surface area contributed by atoms with Gasteiger partial charge in [-0.2, -0.15) is 0 Å². The number of hydrogen-bond acceptors (Lipinski definition) is 2. The van der Waals surface area contributed by atoms with Crippen molar-refractivity contribution in [3.63, 3.8) is 0 Å². The molecule has 0 unspecified atom stereocenters. The van der Waals surface area contributed by atoms with Crippen LogP contribution in [0.4, 0.5) is 34.1 Å². The first kappa shape index (κ1) is 44.5. The second-order valence-corrected chi connectivity index (χ2v) is 22.5. The van der Waals surface area contributed by atoms with Gasteiger partial charge in [-0.3, -0.25) is 0 Å². The van der Waals surface area contributed by atoms with Crippen LogP contribution in [0, 0.1) is 27.7 Å². The van der Waals surface area contributed by atoms with E-state index >= 15 is 0 Å². The van der Waals surface area contributed by atoms with Crippen LogP contribution in [0.15, 0.2) is 194 Å². The lowest BCUT2D eigenvalue weighted by Gasteiger charge is -2.34. The van der Waals surface area contributed by atoms with E-state index in [2.05, 4.69) is 273 Å². The zero-order chi connectivity index (χ0) is 49.1. The molecule has 0 aromatic heterocycles. The maximum absolute atomic E-state index is 2.53. The van der Waals surface area contributed by atoms with Crippen LogP contribution in [-0.2, 0) is 16.2 Å². The Morgan fingerprint density at radius 2 is 0.746 bits per heavy atom. The molecule has 348 valence electrons. The summed E-state index contributed by atoms with van der Waals surface area (Å²) in [5.41, 5.74) is 24.8. The molecular formula is C69H62N2. The molecule has 71 heavy (non-hydrogen) atoms. The molecule has 0 saturated carbocycles. The molecule has 0 radical (unpaired) electrons. The van der Waals surface area contributed by atoms with Gasteiger partial charge in [0.15, 0.2) is 0 Å². The number of nitrogens with zero attached hydrogens (tertiary/aromatic N) is 2. The first-order valence-electron chi connectivity index (χ1n) is 25.4. The Kier molecular flexibility index (Phi) is 10.2. The Hall–Kier alpha value is -7.68. The summed E-state index contributed by atoms with van der Waals surface area (Å²) in [5, 5.41) is 5.02. The zero-order valence-electron chi connectivity index (χ0n) is 42.9. The maximum Gasteiger partial charge on any atom is 0.0737 e. The van der Waals surface area contributed by atoms with Crippen molar-refractivity contribution in [1.29, 1.82) is 0 Å². The van der Waals surface area contributed by atoms with Gasteiger partial charge in [-0.1, -0.05) is 186 Å². The highest BCUT2D eigenvalue weighted by molar-refractivity contribution is 6.10. The first-order valence-corrected chi connectivity index (χ1v) is 25.4.